The van der Waals surface area contributed by atoms with E-state index in [0.29, 0.717) is 18.9 Å². The molecule has 6 heteroatoms. The molecule has 1 aliphatic heterocycles. The van der Waals surface area contributed by atoms with Crippen molar-refractivity contribution in [1.29, 1.82) is 0 Å². The monoisotopic (exact) mass is 299 g/mol. The molecule has 0 saturated carbocycles. The summed E-state index contributed by atoms with van der Waals surface area (Å²) in [4.78, 5) is 17.7. The van der Waals surface area contributed by atoms with Gasteiger partial charge in [-0.05, 0) is 18.2 Å². The molecule has 1 saturated heterocycles. The third-order valence-corrected chi connectivity index (χ3v) is 3.60. The molecule has 2 aromatic rings. The molecule has 1 aromatic heterocycles. The minimum atomic E-state index is -0.943. The topological polar surface area (TPSA) is 88.7 Å². The Kier molecular flexibility index (Phi) is 3.93. The molecule has 0 amide bonds. The van der Waals surface area contributed by atoms with Crippen LogP contribution in [-0.4, -0.2) is 42.4 Å². The summed E-state index contributed by atoms with van der Waals surface area (Å²) in [6.07, 6.45) is 0. The van der Waals surface area contributed by atoms with Crippen molar-refractivity contribution in [2.75, 3.05) is 36.9 Å². The fourth-order valence-corrected chi connectivity index (χ4v) is 2.42. The maximum absolute atomic E-state index is 10.9. The average molecular weight is 299 g/mol. The molecular formula is C16H17N3O3. The Bertz CT molecular complexity index is 680. The van der Waals surface area contributed by atoms with Crippen molar-refractivity contribution in [3.63, 3.8) is 0 Å². The molecule has 0 unspecified atom stereocenters. The highest BCUT2D eigenvalue weighted by Crippen LogP contribution is 2.25. The van der Waals surface area contributed by atoms with Crippen LogP contribution in [0.25, 0.3) is 11.3 Å². The van der Waals surface area contributed by atoms with Gasteiger partial charge in [0, 0.05) is 30.4 Å². The first-order valence-electron chi connectivity index (χ1n) is 7.07. The van der Waals surface area contributed by atoms with Gasteiger partial charge in [-0.25, -0.2) is 9.78 Å². The van der Waals surface area contributed by atoms with Crippen molar-refractivity contribution in [1.82, 2.24) is 4.98 Å². The Balaban J connectivity index is 1.92. The third-order valence-electron chi connectivity index (χ3n) is 3.60. The van der Waals surface area contributed by atoms with Crippen LogP contribution < -0.4 is 10.6 Å². The van der Waals surface area contributed by atoms with Gasteiger partial charge < -0.3 is 20.5 Å². The Labute approximate surface area is 128 Å². The predicted octanol–water partition coefficient (Wildman–Crippen LogP) is 1.87. The molecule has 0 aliphatic carbocycles. The number of carboxylic acids is 1. The van der Waals surface area contributed by atoms with Crippen LogP contribution >= 0.6 is 0 Å². The molecule has 1 aromatic carbocycles. The molecular weight excluding hydrogens is 282 g/mol. The van der Waals surface area contributed by atoms with Crippen LogP contribution in [0.3, 0.4) is 0 Å². The fraction of sp³-hybridized carbons (Fsp3) is 0.250. The van der Waals surface area contributed by atoms with Gasteiger partial charge in [-0.3, -0.25) is 0 Å². The summed E-state index contributed by atoms with van der Waals surface area (Å²) in [6.45, 7) is 2.93. The highest BCUT2D eigenvalue weighted by atomic mass is 16.5. The van der Waals surface area contributed by atoms with E-state index in [-0.39, 0.29) is 5.56 Å². The Morgan fingerprint density at radius 3 is 2.50 bits per heavy atom. The van der Waals surface area contributed by atoms with E-state index in [1.807, 2.05) is 6.07 Å². The van der Waals surface area contributed by atoms with Crippen LogP contribution in [0.5, 0.6) is 0 Å². The number of carboxylic acid groups (broad SMARTS) is 1. The lowest BCUT2D eigenvalue weighted by Crippen LogP contribution is -2.36. The number of hydrogen-bond acceptors (Lipinski definition) is 5. The zero-order valence-electron chi connectivity index (χ0n) is 12.0. The summed E-state index contributed by atoms with van der Waals surface area (Å²) < 4.78 is 5.35. The molecule has 0 bridgehead atoms. The summed E-state index contributed by atoms with van der Waals surface area (Å²) in [7, 11) is 0. The molecule has 3 rings (SSSR count). The van der Waals surface area contributed by atoms with Crippen LogP contribution in [0.4, 0.5) is 11.5 Å². The number of anilines is 2. The number of hydrogen-bond donors (Lipinski definition) is 2. The Morgan fingerprint density at radius 1 is 1.18 bits per heavy atom. The number of aromatic carboxylic acids is 1. The van der Waals surface area contributed by atoms with Gasteiger partial charge in [0.25, 0.3) is 0 Å². The molecule has 0 radical (unpaired) electrons. The summed E-state index contributed by atoms with van der Waals surface area (Å²) in [5.41, 5.74) is 8.45. The number of benzene rings is 1. The minimum Gasteiger partial charge on any atom is -0.478 e. The first kappa shape index (κ1) is 14.3. The van der Waals surface area contributed by atoms with Gasteiger partial charge in [-0.15, -0.1) is 0 Å². The molecule has 3 N–H and O–H groups in total. The number of rotatable bonds is 3. The highest BCUT2D eigenvalue weighted by molar-refractivity contribution is 5.88. The molecule has 114 valence electrons. The van der Waals surface area contributed by atoms with Crippen molar-refractivity contribution in [3.8, 4) is 11.3 Å². The van der Waals surface area contributed by atoms with Crippen molar-refractivity contribution in [3.05, 3.63) is 42.0 Å². The highest BCUT2D eigenvalue weighted by Gasteiger charge is 2.14. The van der Waals surface area contributed by atoms with Crippen LogP contribution in [-0.2, 0) is 4.74 Å². The lowest BCUT2D eigenvalue weighted by Gasteiger charge is -2.28. The van der Waals surface area contributed by atoms with Gasteiger partial charge in [-0.2, -0.15) is 0 Å². The van der Waals surface area contributed by atoms with Gasteiger partial charge in [0.1, 0.15) is 5.82 Å². The SMILES string of the molecule is Nc1cc(-c2ccc(C(=O)O)cc2)nc(N2CCOCC2)c1. The summed E-state index contributed by atoms with van der Waals surface area (Å²) in [5.74, 6) is -0.123. The summed E-state index contributed by atoms with van der Waals surface area (Å²) in [6, 6.07) is 10.3. The lowest BCUT2D eigenvalue weighted by molar-refractivity contribution is 0.0697. The van der Waals surface area contributed by atoms with Crippen LogP contribution in [0.1, 0.15) is 10.4 Å². The lowest BCUT2D eigenvalue weighted by atomic mass is 10.1. The number of morpholine rings is 1. The molecule has 1 fully saturated rings. The number of aromatic nitrogens is 1. The zero-order valence-corrected chi connectivity index (χ0v) is 12.0. The number of nitrogens with two attached hydrogens (primary N) is 1. The number of pyridine rings is 1. The van der Waals surface area contributed by atoms with E-state index in [9.17, 15) is 4.79 Å². The van der Waals surface area contributed by atoms with Crippen molar-refractivity contribution in [2.24, 2.45) is 0 Å². The Morgan fingerprint density at radius 2 is 1.86 bits per heavy atom. The van der Waals surface area contributed by atoms with E-state index in [2.05, 4.69) is 9.88 Å². The van der Waals surface area contributed by atoms with E-state index in [1.165, 1.54) is 0 Å². The van der Waals surface area contributed by atoms with Gasteiger partial charge in [-0.1, -0.05) is 12.1 Å². The molecule has 22 heavy (non-hydrogen) atoms. The zero-order chi connectivity index (χ0) is 15.5. The van der Waals surface area contributed by atoms with E-state index >= 15 is 0 Å². The number of ether oxygens (including phenoxy) is 1. The van der Waals surface area contributed by atoms with E-state index in [0.717, 1.165) is 30.2 Å². The normalized spacial score (nSPS) is 14.8. The first-order chi connectivity index (χ1) is 10.6. The smallest absolute Gasteiger partial charge is 0.335 e. The van der Waals surface area contributed by atoms with Gasteiger partial charge in [0.15, 0.2) is 0 Å². The van der Waals surface area contributed by atoms with Gasteiger partial charge >= 0.3 is 5.97 Å². The first-order valence-corrected chi connectivity index (χ1v) is 7.07. The largest absolute Gasteiger partial charge is 0.478 e. The second-order valence-electron chi connectivity index (χ2n) is 5.13. The van der Waals surface area contributed by atoms with Gasteiger partial charge in [0.05, 0.1) is 24.5 Å². The standard InChI is InChI=1S/C16H17N3O3/c17-13-9-14(11-1-3-12(4-2-11)16(20)21)18-15(10-13)19-5-7-22-8-6-19/h1-4,9-10H,5-8H2,(H2,17,18)(H,20,21). The number of nitrogens with zero attached hydrogens (tertiary/aromatic N) is 2. The second-order valence-corrected chi connectivity index (χ2v) is 5.13. The van der Waals surface area contributed by atoms with E-state index < -0.39 is 5.97 Å². The number of nitrogen functional groups attached to an aromatic ring is 1. The number of carbonyl (C=O) groups is 1. The molecule has 6 nitrogen and oxygen atoms in total. The van der Waals surface area contributed by atoms with Crippen molar-refractivity contribution in [2.45, 2.75) is 0 Å². The Hall–Kier alpha value is -2.60. The predicted molar refractivity (Wildman–Crippen MR) is 84.1 cm³/mol. The van der Waals surface area contributed by atoms with E-state index in [1.54, 1.807) is 30.3 Å². The quantitative estimate of drug-likeness (QED) is 0.899. The summed E-state index contributed by atoms with van der Waals surface area (Å²) >= 11 is 0. The maximum Gasteiger partial charge on any atom is 0.335 e. The fourth-order valence-electron chi connectivity index (χ4n) is 2.42. The summed E-state index contributed by atoms with van der Waals surface area (Å²) in [5, 5.41) is 8.95. The molecule has 1 aliphatic rings. The van der Waals surface area contributed by atoms with Crippen LogP contribution in [0.2, 0.25) is 0 Å². The molecule has 0 atom stereocenters. The third kappa shape index (κ3) is 3.01. The van der Waals surface area contributed by atoms with Gasteiger partial charge in [0.2, 0.25) is 0 Å². The molecule has 2 heterocycles. The second kappa shape index (κ2) is 6.03. The minimum absolute atomic E-state index is 0.251. The molecule has 0 spiro atoms. The average Bonchev–Trinajstić information content (AvgIpc) is 2.55. The van der Waals surface area contributed by atoms with Crippen LogP contribution in [0.15, 0.2) is 36.4 Å². The van der Waals surface area contributed by atoms with Crippen molar-refractivity contribution < 1.29 is 14.6 Å². The van der Waals surface area contributed by atoms with Crippen molar-refractivity contribution >= 4 is 17.5 Å². The van der Waals surface area contributed by atoms with Crippen LogP contribution in [0, 0.1) is 0 Å². The van der Waals surface area contributed by atoms with E-state index in [4.69, 9.17) is 15.6 Å². The maximum atomic E-state index is 10.9.